The van der Waals surface area contributed by atoms with E-state index in [9.17, 15) is 4.79 Å². The first-order valence-electron chi connectivity index (χ1n) is 5.61. The Hall–Kier alpha value is -1.75. The number of carbonyl (C=O) groups is 1. The van der Waals surface area contributed by atoms with Crippen molar-refractivity contribution in [1.29, 1.82) is 0 Å². The van der Waals surface area contributed by atoms with Crippen LogP contribution in [0.1, 0.15) is 12.5 Å². The molecule has 0 radical (unpaired) electrons. The number of carbonyl (C=O) groups excluding carboxylic acids is 1. The fourth-order valence-electron chi connectivity index (χ4n) is 1.62. The number of ketones is 1. The Labute approximate surface area is 107 Å². The van der Waals surface area contributed by atoms with Crippen LogP contribution in [-0.2, 0) is 11.3 Å². The fraction of sp³-hybridized carbons (Fsp3) is 0.462. The predicted octanol–water partition coefficient (Wildman–Crippen LogP) is 1.39. The molecule has 1 aromatic carbocycles. The van der Waals surface area contributed by atoms with E-state index in [1.807, 2.05) is 0 Å². The van der Waals surface area contributed by atoms with E-state index < -0.39 is 0 Å². The van der Waals surface area contributed by atoms with Crippen LogP contribution in [0.5, 0.6) is 17.2 Å². The highest BCUT2D eigenvalue weighted by molar-refractivity contribution is 5.77. The summed E-state index contributed by atoms with van der Waals surface area (Å²) in [6.07, 6.45) is 0. The molecule has 0 heterocycles. The molecule has 0 spiro atoms. The zero-order chi connectivity index (χ0) is 13.5. The third-order valence-corrected chi connectivity index (χ3v) is 2.49. The lowest BCUT2D eigenvalue weighted by Gasteiger charge is -2.15. The number of hydrogen-bond donors (Lipinski definition) is 1. The van der Waals surface area contributed by atoms with Crippen LogP contribution in [0.4, 0.5) is 0 Å². The summed E-state index contributed by atoms with van der Waals surface area (Å²) in [6, 6.07) is 3.57. The molecule has 0 saturated carbocycles. The Morgan fingerprint density at radius 1 is 1.11 bits per heavy atom. The van der Waals surface area contributed by atoms with E-state index in [1.54, 1.807) is 33.5 Å². The van der Waals surface area contributed by atoms with E-state index in [4.69, 9.17) is 14.2 Å². The molecule has 18 heavy (non-hydrogen) atoms. The van der Waals surface area contributed by atoms with E-state index in [-0.39, 0.29) is 5.78 Å². The highest BCUT2D eigenvalue weighted by Crippen LogP contribution is 2.33. The Morgan fingerprint density at radius 2 is 1.67 bits per heavy atom. The van der Waals surface area contributed by atoms with E-state index in [0.29, 0.717) is 30.3 Å². The van der Waals surface area contributed by atoms with Gasteiger partial charge in [0.2, 0.25) is 0 Å². The van der Waals surface area contributed by atoms with Gasteiger partial charge >= 0.3 is 0 Å². The summed E-state index contributed by atoms with van der Waals surface area (Å²) >= 11 is 0. The van der Waals surface area contributed by atoms with Gasteiger partial charge in [0.05, 0.1) is 33.4 Å². The average molecular weight is 253 g/mol. The highest BCUT2D eigenvalue weighted by Gasteiger charge is 2.12. The molecule has 0 aliphatic carbocycles. The van der Waals surface area contributed by atoms with Crippen molar-refractivity contribution in [2.24, 2.45) is 0 Å². The van der Waals surface area contributed by atoms with Crippen LogP contribution in [0, 0.1) is 0 Å². The van der Waals surface area contributed by atoms with Crippen LogP contribution in [0.25, 0.3) is 0 Å². The SMILES string of the molecule is COc1cc(OC)c(CNCC(C)=O)c(OC)c1. The van der Waals surface area contributed by atoms with Crippen molar-refractivity contribution in [2.45, 2.75) is 13.5 Å². The molecule has 0 aromatic heterocycles. The summed E-state index contributed by atoms with van der Waals surface area (Å²) < 4.78 is 15.8. The number of hydrogen-bond acceptors (Lipinski definition) is 5. The molecule has 0 atom stereocenters. The van der Waals surface area contributed by atoms with Gasteiger partial charge in [-0.3, -0.25) is 4.79 Å². The van der Waals surface area contributed by atoms with Gasteiger partial charge in [-0.25, -0.2) is 0 Å². The largest absolute Gasteiger partial charge is 0.496 e. The molecular weight excluding hydrogens is 234 g/mol. The van der Waals surface area contributed by atoms with Gasteiger partial charge in [0.15, 0.2) is 0 Å². The number of nitrogens with one attached hydrogen (secondary N) is 1. The fourth-order valence-corrected chi connectivity index (χ4v) is 1.62. The van der Waals surface area contributed by atoms with Gasteiger partial charge in [0.25, 0.3) is 0 Å². The molecule has 5 nitrogen and oxygen atoms in total. The number of rotatable bonds is 7. The van der Waals surface area contributed by atoms with Crippen molar-refractivity contribution < 1.29 is 19.0 Å². The average Bonchev–Trinajstić information content (AvgIpc) is 2.37. The normalized spacial score (nSPS) is 10.0. The number of benzene rings is 1. The molecule has 0 amide bonds. The maximum Gasteiger partial charge on any atom is 0.143 e. The summed E-state index contributed by atoms with van der Waals surface area (Å²) in [6.45, 7) is 2.35. The van der Waals surface area contributed by atoms with Crippen LogP contribution < -0.4 is 19.5 Å². The molecule has 100 valence electrons. The molecule has 1 rings (SSSR count). The van der Waals surface area contributed by atoms with Crippen molar-refractivity contribution in [3.63, 3.8) is 0 Å². The minimum absolute atomic E-state index is 0.0847. The first-order chi connectivity index (χ1) is 8.62. The quantitative estimate of drug-likeness (QED) is 0.795. The van der Waals surface area contributed by atoms with Crippen molar-refractivity contribution in [3.05, 3.63) is 17.7 Å². The standard InChI is InChI=1S/C13H19NO4/c1-9(15)7-14-8-11-12(17-3)5-10(16-2)6-13(11)18-4/h5-6,14H,7-8H2,1-4H3. The Morgan fingerprint density at radius 3 is 2.06 bits per heavy atom. The summed E-state index contributed by atoms with van der Waals surface area (Å²) in [5.41, 5.74) is 0.863. The molecule has 0 aliphatic rings. The first-order valence-corrected chi connectivity index (χ1v) is 5.61. The lowest BCUT2D eigenvalue weighted by Crippen LogP contribution is -2.21. The summed E-state index contributed by atoms with van der Waals surface area (Å²) in [5, 5.41) is 3.04. The number of methoxy groups -OCH3 is 3. The van der Waals surface area contributed by atoms with Crippen molar-refractivity contribution in [1.82, 2.24) is 5.32 Å². The van der Waals surface area contributed by atoms with Gasteiger partial charge < -0.3 is 19.5 Å². The lowest BCUT2D eigenvalue weighted by molar-refractivity contribution is -0.116. The van der Waals surface area contributed by atoms with E-state index >= 15 is 0 Å². The summed E-state index contributed by atoms with van der Waals surface area (Å²) in [5.74, 6) is 2.09. The van der Waals surface area contributed by atoms with Crippen LogP contribution in [-0.4, -0.2) is 33.7 Å². The Bertz CT molecular complexity index is 392. The molecule has 0 aliphatic heterocycles. The second-order valence-corrected chi connectivity index (χ2v) is 3.82. The lowest BCUT2D eigenvalue weighted by atomic mass is 10.1. The van der Waals surface area contributed by atoms with Gasteiger partial charge in [-0.05, 0) is 6.92 Å². The van der Waals surface area contributed by atoms with Gasteiger partial charge in [-0.1, -0.05) is 0 Å². The molecule has 0 saturated heterocycles. The molecular formula is C13H19NO4. The smallest absolute Gasteiger partial charge is 0.143 e. The van der Waals surface area contributed by atoms with E-state index in [1.165, 1.54) is 6.92 Å². The highest BCUT2D eigenvalue weighted by atomic mass is 16.5. The number of ether oxygens (including phenoxy) is 3. The van der Waals surface area contributed by atoms with E-state index in [0.717, 1.165) is 5.56 Å². The molecule has 5 heteroatoms. The van der Waals surface area contributed by atoms with Gasteiger partial charge in [0, 0.05) is 18.7 Å². The topological polar surface area (TPSA) is 56.8 Å². The minimum atomic E-state index is 0.0847. The molecule has 0 bridgehead atoms. The number of Topliss-reactive ketones (excluding diaryl/α,β-unsaturated/α-hetero) is 1. The van der Waals surface area contributed by atoms with Crippen LogP contribution in [0.3, 0.4) is 0 Å². The minimum Gasteiger partial charge on any atom is -0.496 e. The summed E-state index contributed by atoms with van der Waals surface area (Å²) in [7, 11) is 4.76. The second-order valence-electron chi connectivity index (χ2n) is 3.82. The molecule has 1 N–H and O–H groups in total. The molecule has 0 unspecified atom stereocenters. The van der Waals surface area contributed by atoms with Crippen molar-refractivity contribution in [3.8, 4) is 17.2 Å². The monoisotopic (exact) mass is 253 g/mol. The third-order valence-electron chi connectivity index (χ3n) is 2.49. The molecule has 1 aromatic rings. The van der Waals surface area contributed by atoms with Gasteiger partial charge in [-0.2, -0.15) is 0 Å². The third kappa shape index (κ3) is 3.63. The van der Waals surface area contributed by atoms with Crippen LogP contribution >= 0.6 is 0 Å². The van der Waals surface area contributed by atoms with Crippen LogP contribution in [0.2, 0.25) is 0 Å². The zero-order valence-electron chi connectivity index (χ0n) is 11.2. The Kier molecular flexibility index (Phi) is 5.45. The van der Waals surface area contributed by atoms with E-state index in [2.05, 4.69) is 5.32 Å². The van der Waals surface area contributed by atoms with Gasteiger partial charge in [-0.15, -0.1) is 0 Å². The maximum absolute atomic E-state index is 10.9. The second kappa shape index (κ2) is 6.86. The van der Waals surface area contributed by atoms with Crippen molar-refractivity contribution >= 4 is 5.78 Å². The summed E-state index contributed by atoms with van der Waals surface area (Å²) in [4.78, 5) is 10.9. The van der Waals surface area contributed by atoms with Crippen molar-refractivity contribution in [2.75, 3.05) is 27.9 Å². The first kappa shape index (κ1) is 14.3. The molecule has 0 fully saturated rings. The van der Waals surface area contributed by atoms with Crippen LogP contribution in [0.15, 0.2) is 12.1 Å². The maximum atomic E-state index is 10.9. The zero-order valence-corrected chi connectivity index (χ0v) is 11.2. The van der Waals surface area contributed by atoms with Gasteiger partial charge in [0.1, 0.15) is 23.0 Å². The predicted molar refractivity (Wildman–Crippen MR) is 68.5 cm³/mol. The Balaban J connectivity index is 2.95.